The fourth-order valence-electron chi connectivity index (χ4n) is 3.01. The van der Waals surface area contributed by atoms with E-state index in [1.165, 1.54) is 37.4 Å². The minimum atomic E-state index is -3.10. The Morgan fingerprint density at radius 3 is 2.50 bits per heavy atom. The van der Waals surface area contributed by atoms with E-state index in [1.54, 1.807) is 13.0 Å². The molecular formula is C21H17ClF3NO4. The Kier molecular flexibility index (Phi) is 6.66. The fraction of sp³-hybridized carbons (Fsp3) is 0.238. The van der Waals surface area contributed by atoms with E-state index < -0.39 is 18.4 Å². The predicted molar refractivity (Wildman–Crippen MR) is 105 cm³/mol. The van der Waals surface area contributed by atoms with E-state index in [1.807, 2.05) is 0 Å². The number of carbonyl (C=O) groups excluding carboxylic acids is 1. The van der Waals surface area contributed by atoms with Crippen LogP contribution in [-0.2, 0) is 16.0 Å². The molecule has 0 unspecified atom stereocenters. The molecule has 1 aromatic heterocycles. The number of hydrogen-bond donors (Lipinski definition) is 0. The van der Waals surface area contributed by atoms with E-state index in [2.05, 4.69) is 14.5 Å². The number of nitrogens with zero attached hydrogens (tertiary/aromatic N) is 1. The van der Waals surface area contributed by atoms with Gasteiger partial charge in [-0.2, -0.15) is 8.78 Å². The van der Waals surface area contributed by atoms with E-state index in [9.17, 15) is 18.0 Å². The molecule has 2 aromatic carbocycles. The number of hydrogen-bond acceptors (Lipinski definition) is 5. The van der Waals surface area contributed by atoms with Crippen LogP contribution in [0.1, 0.15) is 16.7 Å². The summed E-state index contributed by atoms with van der Waals surface area (Å²) >= 11 is 6.24. The fourth-order valence-corrected chi connectivity index (χ4v) is 3.21. The summed E-state index contributed by atoms with van der Waals surface area (Å²) in [5, 5.41) is 0.649. The first-order valence-corrected chi connectivity index (χ1v) is 9.18. The van der Waals surface area contributed by atoms with Crippen LogP contribution in [0.3, 0.4) is 0 Å². The Labute approximate surface area is 175 Å². The highest BCUT2D eigenvalue weighted by molar-refractivity contribution is 6.35. The van der Waals surface area contributed by atoms with Crippen LogP contribution in [0.15, 0.2) is 36.4 Å². The average Bonchev–Trinajstić information content (AvgIpc) is 2.71. The maximum Gasteiger partial charge on any atom is 0.388 e. The number of esters is 1. The monoisotopic (exact) mass is 439 g/mol. The van der Waals surface area contributed by atoms with Crippen LogP contribution in [0, 0.1) is 12.7 Å². The zero-order valence-corrected chi connectivity index (χ0v) is 16.8. The highest BCUT2D eigenvalue weighted by Gasteiger charge is 2.21. The van der Waals surface area contributed by atoms with Crippen LogP contribution in [0.5, 0.6) is 11.6 Å². The molecule has 3 aromatic rings. The highest BCUT2D eigenvalue weighted by Crippen LogP contribution is 2.38. The van der Waals surface area contributed by atoms with E-state index in [0.29, 0.717) is 22.1 Å². The van der Waals surface area contributed by atoms with Gasteiger partial charge in [0.05, 0.1) is 17.6 Å². The standard InChI is InChI=1S/C21H17ClF3NO4/c1-11-14(9-12-3-5-13(23)6-4-12)20(30-21(24)25)26-19-15(22)7-8-16(18(11)19)29-10-17(27)28-2/h3-8,21H,9-10H2,1-2H3. The summed E-state index contributed by atoms with van der Waals surface area (Å²) in [7, 11) is 1.23. The normalized spacial score (nSPS) is 11.0. The molecular weight excluding hydrogens is 423 g/mol. The van der Waals surface area contributed by atoms with Gasteiger partial charge in [0.25, 0.3) is 0 Å². The average molecular weight is 440 g/mol. The molecule has 1 heterocycles. The molecule has 0 amide bonds. The van der Waals surface area contributed by atoms with Gasteiger partial charge in [-0.1, -0.05) is 23.7 Å². The van der Waals surface area contributed by atoms with Gasteiger partial charge in [-0.15, -0.1) is 0 Å². The minimum absolute atomic E-state index is 0.153. The molecule has 0 atom stereocenters. The lowest BCUT2D eigenvalue weighted by Gasteiger charge is -2.18. The topological polar surface area (TPSA) is 57.7 Å². The molecule has 0 aliphatic carbocycles. The molecule has 0 spiro atoms. The zero-order chi connectivity index (χ0) is 21.8. The van der Waals surface area contributed by atoms with Crippen molar-refractivity contribution < 1.29 is 32.2 Å². The molecule has 3 rings (SSSR count). The van der Waals surface area contributed by atoms with E-state index in [4.69, 9.17) is 16.3 Å². The summed E-state index contributed by atoms with van der Waals surface area (Å²) in [6, 6.07) is 8.66. The van der Waals surface area contributed by atoms with Crippen molar-refractivity contribution in [3.8, 4) is 11.6 Å². The van der Waals surface area contributed by atoms with E-state index in [-0.39, 0.29) is 35.2 Å². The molecule has 0 saturated carbocycles. The van der Waals surface area contributed by atoms with Gasteiger partial charge in [-0.05, 0) is 42.3 Å². The van der Waals surface area contributed by atoms with E-state index in [0.717, 1.165) is 0 Å². The van der Waals surface area contributed by atoms with Gasteiger partial charge < -0.3 is 14.2 Å². The summed E-state index contributed by atoms with van der Waals surface area (Å²) < 4.78 is 54.1. The van der Waals surface area contributed by atoms with Crippen molar-refractivity contribution >= 4 is 28.5 Å². The van der Waals surface area contributed by atoms with Gasteiger partial charge in [0.15, 0.2) is 6.61 Å². The van der Waals surface area contributed by atoms with Gasteiger partial charge >= 0.3 is 12.6 Å². The molecule has 0 bridgehead atoms. The van der Waals surface area contributed by atoms with Gasteiger partial charge in [-0.3, -0.25) is 0 Å². The summed E-state index contributed by atoms with van der Waals surface area (Å²) in [4.78, 5) is 15.7. The number of halogens is 4. The number of fused-ring (bicyclic) bond motifs is 1. The summed E-state index contributed by atoms with van der Waals surface area (Å²) in [6.07, 6.45) is 0.153. The number of alkyl halides is 2. The molecule has 30 heavy (non-hydrogen) atoms. The molecule has 0 fully saturated rings. The Bertz CT molecular complexity index is 1070. The number of benzene rings is 2. The SMILES string of the molecule is COC(=O)COc1ccc(Cl)c2nc(OC(F)F)c(Cc3ccc(F)cc3)c(C)c12. The van der Waals surface area contributed by atoms with Crippen LogP contribution in [-0.4, -0.2) is 31.3 Å². The Balaban J connectivity index is 2.16. The molecule has 0 radical (unpaired) electrons. The van der Waals surface area contributed by atoms with Crippen LogP contribution < -0.4 is 9.47 Å². The highest BCUT2D eigenvalue weighted by atomic mass is 35.5. The number of aryl methyl sites for hydroxylation is 1. The summed E-state index contributed by atoms with van der Waals surface area (Å²) in [6.45, 7) is -1.77. The largest absolute Gasteiger partial charge is 0.481 e. The zero-order valence-electron chi connectivity index (χ0n) is 16.0. The quantitative estimate of drug-likeness (QED) is 0.480. The van der Waals surface area contributed by atoms with Gasteiger partial charge in [0, 0.05) is 17.4 Å². The number of rotatable bonds is 7. The van der Waals surface area contributed by atoms with Crippen LogP contribution in [0.2, 0.25) is 5.02 Å². The van der Waals surface area contributed by atoms with Crippen LogP contribution in [0.25, 0.3) is 10.9 Å². The van der Waals surface area contributed by atoms with Crippen molar-refractivity contribution in [2.45, 2.75) is 20.0 Å². The van der Waals surface area contributed by atoms with E-state index >= 15 is 0 Å². The van der Waals surface area contributed by atoms with Crippen molar-refractivity contribution in [3.63, 3.8) is 0 Å². The molecule has 0 aliphatic heterocycles. The third-order valence-corrected chi connectivity index (χ3v) is 4.76. The summed E-state index contributed by atoms with van der Waals surface area (Å²) in [5.74, 6) is -1.01. The molecule has 0 N–H and O–H groups in total. The van der Waals surface area contributed by atoms with Crippen molar-refractivity contribution in [2.75, 3.05) is 13.7 Å². The van der Waals surface area contributed by atoms with Gasteiger partial charge in [-0.25, -0.2) is 14.2 Å². The first kappa shape index (κ1) is 21.7. The van der Waals surface area contributed by atoms with Crippen molar-refractivity contribution in [3.05, 3.63) is 63.9 Å². The first-order valence-electron chi connectivity index (χ1n) is 8.80. The van der Waals surface area contributed by atoms with Crippen LogP contribution in [0.4, 0.5) is 13.2 Å². The number of aromatic nitrogens is 1. The van der Waals surface area contributed by atoms with Crippen molar-refractivity contribution in [1.82, 2.24) is 4.98 Å². The summed E-state index contributed by atoms with van der Waals surface area (Å²) in [5.41, 5.74) is 1.75. The van der Waals surface area contributed by atoms with Gasteiger partial charge in [0.2, 0.25) is 5.88 Å². The lowest BCUT2D eigenvalue weighted by molar-refractivity contribution is -0.142. The maximum atomic E-state index is 13.2. The second-order valence-corrected chi connectivity index (χ2v) is 6.74. The number of pyridine rings is 1. The molecule has 0 saturated heterocycles. The molecule has 158 valence electrons. The molecule has 0 aliphatic rings. The predicted octanol–water partition coefficient (Wildman–Crippen LogP) is 5.08. The molecule has 9 heteroatoms. The number of carbonyl (C=O) groups is 1. The minimum Gasteiger partial charge on any atom is -0.481 e. The smallest absolute Gasteiger partial charge is 0.388 e. The Morgan fingerprint density at radius 2 is 1.87 bits per heavy atom. The lowest BCUT2D eigenvalue weighted by Crippen LogP contribution is -2.13. The Morgan fingerprint density at radius 1 is 1.17 bits per heavy atom. The number of methoxy groups -OCH3 is 1. The molecule has 5 nitrogen and oxygen atoms in total. The Hall–Kier alpha value is -3.00. The number of ether oxygens (including phenoxy) is 3. The second-order valence-electron chi connectivity index (χ2n) is 6.34. The van der Waals surface area contributed by atoms with Gasteiger partial charge in [0.1, 0.15) is 11.6 Å². The van der Waals surface area contributed by atoms with Crippen molar-refractivity contribution in [1.29, 1.82) is 0 Å². The third kappa shape index (κ3) is 4.76. The van der Waals surface area contributed by atoms with Crippen molar-refractivity contribution in [2.24, 2.45) is 0 Å². The first-order chi connectivity index (χ1) is 14.3. The lowest BCUT2D eigenvalue weighted by atomic mass is 9.97. The second kappa shape index (κ2) is 9.21. The maximum absolute atomic E-state index is 13.2. The van der Waals surface area contributed by atoms with Crippen LogP contribution >= 0.6 is 11.6 Å². The third-order valence-electron chi connectivity index (χ3n) is 4.46.